The van der Waals surface area contributed by atoms with E-state index in [1.165, 1.54) is 12.8 Å². The maximum absolute atomic E-state index is 9.19. The standard InChI is InChI=1S/C14H17N3/c15-9-10-3-1-2-4-14(10)17-12-5-6-13(17)8-11(16)7-12/h1-4,11-13H,5-8,16H2. The van der Waals surface area contributed by atoms with Gasteiger partial charge in [-0.15, -0.1) is 0 Å². The number of benzene rings is 1. The summed E-state index contributed by atoms with van der Waals surface area (Å²) in [6, 6.07) is 11.6. The molecule has 2 fully saturated rings. The molecule has 2 heterocycles. The summed E-state index contributed by atoms with van der Waals surface area (Å²) in [7, 11) is 0. The minimum Gasteiger partial charge on any atom is -0.364 e. The average molecular weight is 227 g/mol. The smallest absolute Gasteiger partial charge is 0.101 e. The summed E-state index contributed by atoms with van der Waals surface area (Å²) < 4.78 is 0. The van der Waals surface area contributed by atoms with Crippen molar-refractivity contribution in [3.63, 3.8) is 0 Å². The number of para-hydroxylation sites is 1. The summed E-state index contributed by atoms with van der Waals surface area (Å²) in [6.45, 7) is 0. The SMILES string of the molecule is N#Cc1ccccc1N1C2CCC1CC(N)C2. The highest BCUT2D eigenvalue weighted by atomic mass is 15.2. The zero-order chi connectivity index (χ0) is 11.8. The van der Waals surface area contributed by atoms with Crippen LogP contribution in [0.25, 0.3) is 0 Å². The van der Waals surface area contributed by atoms with Crippen LogP contribution in [0, 0.1) is 11.3 Å². The van der Waals surface area contributed by atoms with E-state index in [2.05, 4.69) is 17.0 Å². The summed E-state index contributed by atoms with van der Waals surface area (Å²) >= 11 is 0. The molecular formula is C14H17N3. The van der Waals surface area contributed by atoms with E-state index in [1.807, 2.05) is 18.2 Å². The second kappa shape index (κ2) is 4.05. The van der Waals surface area contributed by atoms with Gasteiger partial charge in [0.25, 0.3) is 0 Å². The number of nitriles is 1. The van der Waals surface area contributed by atoms with Gasteiger partial charge in [-0.3, -0.25) is 0 Å². The molecule has 2 N–H and O–H groups in total. The van der Waals surface area contributed by atoms with Crippen molar-refractivity contribution >= 4 is 5.69 Å². The van der Waals surface area contributed by atoms with E-state index in [4.69, 9.17) is 5.73 Å². The molecule has 0 radical (unpaired) electrons. The Kier molecular flexibility index (Phi) is 2.53. The number of anilines is 1. The van der Waals surface area contributed by atoms with Crippen molar-refractivity contribution < 1.29 is 0 Å². The number of nitrogens with zero attached hydrogens (tertiary/aromatic N) is 2. The van der Waals surface area contributed by atoms with Gasteiger partial charge in [-0.2, -0.15) is 5.26 Å². The molecule has 0 spiro atoms. The van der Waals surface area contributed by atoms with Crippen molar-refractivity contribution in [1.82, 2.24) is 0 Å². The van der Waals surface area contributed by atoms with Crippen molar-refractivity contribution in [1.29, 1.82) is 5.26 Å². The van der Waals surface area contributed by atoms with Gasteiger partial charge in [-0.25, -0.2) is 0 Å². The fourth-order valence-electron chi connectivity index (χ4n) is 3.41. The Morgan fingerprint density at radius 1 is 1.18 bits per heavy atom. The summed E-state index contributed by atoms with van der Waals surface area (Å²) in [4.78, 5) is 2.45. The van der Waals surface area contributed by atoms with E-state index in [0.29, 0.717) is 18.1 Å². The van der Waals surface area contributed by atoms with Crippen LogP contribution in [0.4, 0.5) is 5.69 Å². The third-order valence-electron chi connectivity index (χ3n) is 4.07. The summed E-state index contributed by atoms with van der Waals surface area (Å²) in [5, 5.41) is 9.19. The van der Waals surface area contributed by atoms with Crippen LogP contribution >= 0.6 is 0 Å². The minimum atomic E-state index is 0.345. The predicted molar refractivity (Wildman–Crippen MR) is 67.7 cm³/mol. The first-order chi connectivity index (χ1) is 8.29. The van der Waals surface area contributed by atoms with Gasteiger partial charge in [-0.05, 0) is 37.8 Å². The van der Waals surface area contributed by atoms with Gasteiger partial charge in [0.05, 0.1) is 11.3 Å². The zero-order valence-corrected chi connectivity index (χ0v) is 9.84. The minimum absolute atomic E-state index is 0.345. The van der Waals surface area contributed by atoms with Crippen molar-refractivity contribution in [2.45, 2.75) is 43.8 Å². The summed E-state index contributed by atoms with van der Waals surface area (Å²) in [6.07, 6.45) is 4.57. The third kappa shape index (κ3) is 1.69. The molecule has 2 aliphatic rings. The lowest BCUT2D eigenvalue weighted by Gasteiger charge is -2.39. The molecule has 0 amide bonds. The molecule has 2 atom stereocenters. The quantitative estimate of drug-likeness (QED) is 0.798. The Labute approximate surface area is 102 Å². The monoisotopic (exact) mass is 227 g/mol. The molecule has 3 nitrogen and oxygen atoms in total. The summed E-state index contributed by atoms with van der Waals surface area (Å²) in [5.74, 6) is 0. The molecule has 17 heavy (non-hydrogen) atoms. The molecule has 2 unspecified atom stereocenters. The van der Waals surface area contributed by atoms with Crippen LogP contribution in [0.5, 0.6) is 0 Å². The van der Waals surface area contributed by atoms with Crippen LogP contribution in [0.3, 0.4) is 0 Å². The first-order valence-corrected chi connectivity index (χ1v) is 6.32. The zero-order valence-electron chi connectivity index (χ0n) is 9.84. The maximum atomic E-state index is 9.19. The highest BCUT2D eigenvalue weighted by Gasteiger charge is 2.40. The largest absolute Gasteiger partial charge is 0.364 e. The highest BCUT2D eigenvalue weighted by molar-refractivity contribution is 5.61. The molecule has 88 valence electrons. The number of piperidine rings is 1. The van der Waals surface area contributed by atoms with Gasteiger partial charge >= 0.3 is 0 Å². The number of nitrogens with two attached hydrogens (primary N) is 1. The molecule has 3 heteroatoms. The van der Waals surface area contributed by atoms with Crippen LogP contribution in [-0.2, 0) is 0 Å². The molecule has 2 aliphatic heterocycles. The third-order valence-corrected chi connectivity index (χ3v) is 4.07. The number of rotatable bonds is 1. The van der Waals surface area contributed by atoms with Gasteiger partial charge < -0.3 is 10.6 Å². The number of hydrogen-bond donors (Lipinski definition) is 1. The molecule has 0 aliphatic carbocycles. The van der Waals surface area contributed by atoms with Crippen LogP contribution in [-0.4, -0.2) is 18.1 Å². The molecule has 2 saturated heterocycles. The van der Waals surface area contributed by atoms with E-state index in [0.717, 1.165) is 24.1 Å². The Balaban J connectivity index is 1.98. The van der Waals surface area contributed by atoms with Crippen LogP contribution in [0.1, 0.15) is 31.2 Å². The first kappa shape index (κ1) is 10.6. The molecule has 0 aromatic heterocycles. The van der Waals surface area contributed by atoms with Crippen LogP contribution in [0.2, 0.25) is 0 Å². The Morgan fingerprint density at radius 3 is 2.47 bits per heavy atom. The Bertz CT molecular complexity index is 449. The van der Waals surface area contributed by atoms with E-state index in [9.17, 15) is 5.26 Å². The molecule has 0 saturated carbocycles. The van der Waals surface area contributed by atoms with Crippen molar-refractivity contribution in [2.24, 2.45) is 5.73 Å². The molecule has 1 aromatic carbocycles. The maximum Gasteiger partial charge on any atom is 0.101 e. The normalized spacial score (nSPS) is 31.3. The van der Waals surface area contributed by atoms with Crippen molar-refractivity contribution in [3.8, 4) is 6.07 Å². The molecule has 3 rings (SSSR count). The first-order valence-electron chi connectivity index (χ1n) is 6.32. The topological polar surface area (TPSA) is 53.0 Å². The van der Waals surface area contributed by atoms with Gasteiger partial charge in [0.2, 0.25) is 0 Å². The fraction of sp³-hybridized carbons (Fsp3) is 0.500. The van der Waals surface area contributed by atoms with Gasteiger partial charge in [0.1, 0.15) is 6.07 Å². The van der Waals surface area contributed by atoms with Crippen molar-refractivity contribution in [2.75, 3.05) is 4.90 Å². The molecular weight excluding hydrogens is 210 g/mol. The number of fused-ring (bicyclic) bond motifs is 2. The Hall–Kier alpha value is -1.53. The van der Waals surface area contributed by atoms with Gasteiger partial charge in [-0.1, -0.05) is 12.1 Å². The van der Waals surface area contributed by atoms with E-state index in [-0.39, 0.29) is 0 Å². The van der Waals surface area contributed by atoms with Crippen LogP contribution in [0.15, 0.2) is 24.3 Å². The highest BCUT2D eigenvalue weighted by Crippen LogP contribution is 2.39. The van der Waals surface area contributed by atoms with Gasteiger partial charge in [0, 0.05) is 18.1 Å². The van der Waals surface area contributed by atoms with Crippen molar-refractivity contribution in [3.05, 3.63) is 29.8 Å². The second-order valence-corrected chi connectivity index (χ2v) is 5.15. The Morgan fingerprint density at radius 2 is 1.82 bits per heavy atom. The van der Waals surface area contributed by atoms with E-state index in [1.54, 1.807) is 0 Å². The lowest BCUT2D eigenvalue weighted by Crippen LogP contribution is -2.47. The van der Waals surface area contributed by atoms with Gasteiger partial charge in [0.15, 0.2) is 0 Å². The molecule has 2 bridgehead atoms. The number of hydrogen-bond acceptors (Lipinski definition) is 3. The predicted octanol–water partition coefficient (Wildman–Crippen LogP) is 2.02. The molecule has 1 aromatic rings. The average Bonchev–Trinajstić information content (AvgIpc) is 2.61. The van der Waals surface area contributed by atoms with E-state index < -0.39 is 0 Å². The lowest BCUT2D eigenvalue weighted by molar-refractivity contribution is 0.414. The second-order valence-electron chi connectivity index (χ2n) is 5.15. The fourth-order valence-corrected chi connectivity index (χ4v) is 3.41. The lowest BCUT2D eigenvalue weighted by atomic mass is 9.96. The summed E-state index contributed by atoms with van der Waals surface area (Å²) in [5.41, 5.74) is 7.97. The van der Waals surface area contributed by atoms with E-state index >= 15 is 0 Å². The van der Waals surface area contributed by atoms with Crippen LogP contribution < -0.4 is 10.6 Å².